The zero-order valence-electron chi connectivity index (χ0n) is 12.4. The molecule has 120 valence electrons. The summed E-state index contributed by atoms with van der Waals surface area (Å²) in [5, 5.41) is 3.26. The van der Waals surface area contributed by atoms with Gasteiger partial charge in [-0.1, -0.05) is 12.1 Å². The Labute approximate surface area is 139 Å². The minimum absolute atomic E-state index is 0. The first-order chi connectivity index (χ1) is 9.94. The van der Waals surface area contributed by atoms with Crippen molar-refractivity contribution in [2.75, 3.05) is 5.32 Å². The molecule has 22 heavy (non-hydrogen) atoms. The summed E-state index contributed by atoms with van der Waals surface area (Å²) in [7, 11) is 0. The molecule has 0 aliphatic carbocycles. The molecule has 2 rings (SSSR count). The lowest BCUT2D eigenvalue weighted by Crippen LogP contribution is -2.23. The van der Waals surface area contributed by atoms with Gasteiger partial charge in [0.25, 0.3) is 0 Å². The molecule has 7 heteroatoms. The number of halogens is 2. The lowest BCUT2D eigenvalue weighted by Gasteiger charge is -2.03. The molecule has 4 nitrogen and oxygen atoms in total. The van der Waals surface area contributed by atoms with Crippen LogP contribution < -0.4 is 11.1 Å². The molecule has 0 spiro atoms. The van der Waals surface area contributed by atoms with Crippen LogP contribution in [0.15, 0.2) is 24.4 Å². The molecule has 0 saturated carbocycles. The third-order valence-electron chi connectivity index (χ3n) is 2.92. The maximum Gasteiger partial charge on any atom is 0.227 e. The average Bonchev–Trinajstić information content (AvgIpc) is 2.80. The monoisotopic (exact) mass is 343 g/mol. The summed E-state index contributed by atoms with van der Waals surface area (Å²) in [6, 6.07) is 5.01. The summed E-state index contributed by atoms with van der Waals surface area (Å²) >= 11 is 1.39. The number of carbonyl (C=O) groups is 1. The fourth-order valence-corrected chi connectivity index (χ4v) is 2.72. The van der Waals surface area contributed by atoms with Crippen LogP contribution in [0.4, 0.5) is 9.52 Å². The number of amides is 1. The second-order valence-corrected chi connectivity index (χ2v) is 6.24. The van der Waals surface area contributed by atoms with E-state index in [0.29, 0.717) is 17.1 Å². The number of rotatable bonds is 5. The van der Waals surface area contributed by atoms with Crippen molar-refractivity contribution < 1.29 is 9.18 Å². The van der Waals surface area contributed by atoms with Crippen molar-refractivity contribution in [3.8, 4) is 0 Å². The van der Waals surface area contributed by atoms with Gasteiger partial charge in [-0.15, -0.1) is 23.7 Å². The van der Waals surface area contributed by atoms with Crippen LogP contribution in [0.2, 0.25) is 0 Å². The summed E-state index contributed by atoms with van der Waals surface area (Å²) in [5.74, 6) is -0.352. The van der Waals surface area contributed by atoms with E-state index < -0.39 is 0 Å². The van der Waals surface area contributed by atoms with Crippen molar-refractivity contribution >= 4 is 34.8 Å². The number of hydrogen-bond donors (Lipinski definition) is 2. The molecular weight excluding hydrogens is 325 g/mol. The van der Waals surface area contributed by atoms with Crippen LogP contribution in [0.5, 0.6) is 0 Å². The normalized spacial score (nSPS) is 11.6. The number of thiazole rings is 1. The quantitative estimate of drug-likeness (QED) is 0.875. The highest BCUT2D eigenvalue weighted by Crippen LogP contribution is 2.22. The lowest BCUT2D eigenvalue weighted by atomic mass is 10.1. The van der Waals surface area contributed by atoms with Crippen LogP contribution in [0.25, 0.3) is 0 Å². The Morgan fingerprint density at radius 2 is 2.23 bits per heavy atom. The van der Waals surface area contributed by atoms with Gasteiger partial charge in [-0.2, -0.15) is 0 Å². The number of nitrogens with two attached hydrogens (primary N) is 1. The fourth-order valence-electron chi connectivity index (χ4n) is 1.86. The second-order valence-electron chi connectivity index (χ2n) is 5.12. The zero-order chi connectivity index (χ0) is 15.4. The Morgan fingerprint density at radius 3 is 2.86 bits per heavy atom. The molecule has 1 atom stereocenters. The molecule has 1 aromatic carbocycles. The van der Waals surface area contributed by atoms with Gasteiger partial charge in [0.1, 0.15) is 5.82 Å². The molecule has 0 saturated heterocycles. The fraction of sp³-hybridized carbons (Fsp3) is 0.333. The molecule has 2 aromatic rings. The summed E-state index contributed by atoms with van der Waals surface area (Å²) in [6.07, 6.45) is 2.56. The molecule has 0 fully saturated rings. The Bertz CT molecular complexity index is 645. The Hall–Kier alpha value is -1.50. The van der Waals surface area contributed by atoms with Crippen LogP contribution in [0.3, 0.4) is 0 Å². The third kappa shape index (κ3) is 5.36. The summed E-state index contributed by atoms with van der Waals surface area (Å²) in [6.45, 7) is 3.51. The van der Waals surface area contributed by atoms with Crippen molar-refractivity contribution in [1.82, 2.24) is 4.98 Å². The smallest absolute Gasteiger partial charge is 0.227 e. The first-order valence-electron chi connectivity index (χ1n) is 6.69. The predicted molar refractivity (Wildman–Crippen MR) is 90.2 cm³/mol. The number of aryl methyl sites for hydroxylation is 1. The van der Waals surface area contributed by atoms with E-state index >= 15 is 0 Å². The van der Waals surface area contributed by atoms with Crippen LogP contribution in [-0.2, 0) is 11.2 Å². The van der Waals surface area contributed by atoms with Crippen molar-refractivity contribution in [2.45, 2.75) is 32.7 Å². The highest BCUT2D eigenvalue weighted by atomic mass is 35.5. The highest BCUT2D eigenvalue weighted by molar-refractivity contribution is 7.15. The molecule has 3 N–H and O–H groups in total. The molecule has 1 heterocycles. The molecular formula is C15H19ClFN3OS. The van der Waals surface area contributed by atoms with Gasteiger partial charge in [0.2, 0.25) is 5.91 Å². The van der Waals surface area contributed by atoms with Crippen LogP contribution in [0, 0.1) is 12.7 Å². The number of aromatic nitrogens is 1. The summed E-state index contributed by atoms with van der Waals surface area (Å²) in [5.41, 5.74) is 7.08. The number of hydrogen-bond acceptors (Lipinski definition) is 4. The van der Waals surface area contributed by atoms with Gasteiger partial charge in [-0.05, 0) is 31.0 Å². The molecule has 0 aliphatic heterocycles. The van der Waals surface area contributed by atoms with Crippen LogP contribution in [-0.4, -0.2) is 16.9 Å². The lowest BCUT2D eigenvalue weighted by molar-refractivity contribution is -0.116. The van der Waals surface area contributed by atoms with Gasteiger partial charge in [0.15, 0.2) is 5.13 Å². The maximum absolute atomic E-state index is 13.5. The van der Waals surface area contributed by atoms with Gasteiger partial charge in [-0.25, -0.2) is 9.37 Å². The molecule has 1 unspecified atom stereocenters. The zero-order valence-corrected chi connectivity index (χ0v) is 14.1. The number of nitrogens with zero attached hydrogens (tertiary/aromatic N) is 1. The second kappa shape index (κ2) is 8.22. The van der Waals surface area contributed by atoms with E-state index in [0.717, 1.165) is 10.4 Å². The number of anilines is 1. The van der Waals surface area contributed by atoms with E-state index in [1.807, 2.05) is 6.07 Å². The van der Waals surface area contributed by atoms with Crippen molar-refractivity contribution in [2.24, 2.45) is 5.73 Å². The Morgan fingerprint density at radius 1 is 1.50 bits per heavy atom. The van der Waals surface area contributed by atoms with Gasteiger partial charge in [0.05, 0.1) is 0 Å². The summed E-state index contributed by atoms with van der Waals surface area (Å²) < 4.78 is 13.5. The minimum Gasteiger partial charge on any atom is -0.327 e. The Kier molecular flexibility index (Phi) is 6.93. The number of benzene rings is 1. The van der Waals surface area contributed by atoms with E-state index in [1.54, 1.807) is 26.1 Å². The van der Waals surface area contributed by atoms with Crippen LogP contribution in [0.1, 0.15) is 29.3 Å². The predicted octanol–water partition coefficient (Wildman–Crippen LogP) is 3.28. The van der Waals surface area contributed by atoms with E-state index in [2.05, 4.69) is 10.3 Å². The molecule has 0 aliphatic rings. The third-order valence-corrected chi connectivity index (χ3v) is 3.83. The first-order valence-corrected chi connectivity index (χ1v) is 7.51. The number of carbonyl (C=O) groups excluding carboxylic acids is 1. The molecule has 0 radical (unpaired) electrons. The molecule has 1 aromatic heterocycles. The van der Waals surface area contributed by atoms with Crippen molar-refractivity contribution in [1.29, 1.82) is 0 Å². The van der Waals surface area contributed by atoms with Gasteiger partial charge >= 0.3 is 0 Å². The van der Waals surface area contributed by atoms with E-state index in [9.17, 15) is 9.18 Å². The average molecular weight is 344 g/mol. The highest BCUT2D eigenvalue weighted by Gasteiger charge is 2.09. The van der Waals surface area contributed by atoms with Gasteiger partial charge in [0, 0.05) is 30.0 Å². The van der Waals surface area contributed by atoms with Crippen LogP contribution >= 0.6 is 23.7 Å². The largest absolute Gasteiger partial charge is 0.327 e. The maximum atomic E-state index is 13.5. The van der Waals surface area contributed by atoms with E-state index in [-0.39, 0.29) is 36.6 Å². The molecule has 0 bridgehead atoms. The topological polar surface area (TPSA) is 68.0 Å². The Balaban J connectivity index is 0.00000242. The standard InChI is InChI=1S/C15H18FN3OS.ClH/c1-9-3-4-11(7-13(9)16)6-12-8-18-15(21-12)19-14(20)5-10(2)17;/h3-4,7-8,10H,5-6,17H2,1-2H3,(H,18,19,20);1H. The van der Waals surface area contributed by atoms with Gasteiger partial charge < -0.3 is 11.1 Å². The minimum atomic E-state index is -0.206. The van der Waals surface area contributed by atoms with E-state index in [4.69, 9.17) is 5.73 Å². The first kappa shape index (κ1) is 18.5. The molecule has 1 amide bonds. The number of nitrogens with one attached hydrogen (secondary N) is 1. The van der Waals surface area contributed by atoms with E-state index in [1.165, 1.54) is 17.4 Å². The van der Waals surface area contributed by atoms with Crippen molar-refractivity contribution in [3.05, 3.63) is 46.2 Å². The summed E-state index contributed by atoms with van der Waals surface area (Å²) in [4.78, 5) is 16.7. The SMILES string of the molecule is Cc1ccc(Cc2cnc(NC(=O)CC(C)N)s2)cc1F.Cl. The van der Waals surface area contributed by atoms with Crippen molar-refractivity contribution in [3.63, 3.8) is 0 Å². The van der Waals surface area contributed by atoms with Gasteiger partial charge in [-0.3, -0.25) is 4.79 Å².